The lowest BCUT2D eigenvalue weighted by Gasteiger charge is -2.39. The van der Waals surface area contributed by atoms with Crippen molar-refractivity contribution in [3.63, 3.8) is 0 Å². The summed E-state index contributed by atoms with van der Waals surface area (Å²) in [6.07, 6.45) is 2.08. The van der Waals surface area contributed by atoms with Crippen molar-refractivity contribution in [3.8, 4) is 17.5 Å². The van der Waals surface area contributed by atoms with Crippen molar-refractivity contribution in [1.29, 1.82) is 5.26 Å². The molecule has 0 saturated heterocycles. The number of benzene rings is 2. The van der Waals surface area contributed by atoms with Crippen molar-refractivity contribution in [1.82, 2.24) is 15.2 Å². The largest absolute Gasteiger partial charge is 0.382 e. The van der Waals surface area contributed by atoms with Crippen molar-refractivity contribution >= 4 is 0 Å². The molecule has 2 aromatic carbocycles. The predicted molar refractivity (Wildman–Crippen MR) is 97.9 cm³/mol. The van der Waals surface area contributed by atoms with Gasteiger partial charge < -0.3 is 5.11 Å². The maximum Gasteiger partial charge on any atom is 0.182 e. The second kappa shape index (κ2) is 6.40. The van der Waals surface area contributed by atoms with Gasteiger partial charge in [0.25, 0.3) is 0 Å². The molecule has 4 rings (SSSR count). The Morgan fingerprint density at radius 3 is 2.15 bits per heavy atom. The summed E-state index contributed by atoms with van der Waals surface area (Å²) in [6, 6.07) is 22.1. The Bertz CT molecular complexity index is 919. The highest BCUT2D eigenvalue weighted by molar-refractivity contribution is 5.54. The first kappa shape index (κ1) is 16.5. The van der Waals surface area contributed by atoms with Gasteiger partial charge in [0.15, 0.2) is 11.6 Å². The second-order valence-electron chi connectivity index (χ2n) is 6.97. The smallest absolute Gasteiger partial charge is 0.182 e. The highest BCUT2D eigenvalue weighted by Crippen LogP contribution is 2.46. The zero-order valence-electron chi connectivity index (χ0n) is 14.4. The van der Waals surface area contributed by atoms with Gasteiger partial charge in [0.2, 0.25) is 0 Å². The fourth-order valence-corrected chi connectivity index (χ4v) is 3.73. The van der Waals surface area contributed by atoms with Gasteiger partial charge >= 0.3 is 0 Å². The Morgan fingerprint density at radius 2 is 1.54 bits per heavy atom. The molecule has 26 heavy (non-hydrogen) atoms. The van der Waals surface area contributed by atoms with Crippen LogP contribution in [0.4, 0.5) is 0 Å². The molecule has 1 heterocycles. The number of nitriles is 1. The van der Waals surface area contributed by atoms with E-state index in [-0.39, 0.29) is 0 Å². The van der Waals surface area contributed by atoms with Crippen molar-refractivity contribution in [3.05, 3.63) is 72.1 Å². The van der Waals surface area contributed by atoms with Crippen molar-refractivity contribution in [2.45, 2.75) is 36.7 Å². The van der Waals surface area contributed by atoms with Crippen LogP contribution in [0.5, 0.6) is 0 Å². The van der Waals surface area contributed by atoms with Gasteiger partial charge in [-0.2, -0.15) is 10.4 Å². The lowest BCUT2D eigenvalue weighted by molar-refractivity contribution is -0.0212. The minimum atomic E-state index is -1.10. The summed E-state index contributed by atoms with van der Waals surface area (Å²) >= 11 is 0. The molecule has 1 aliphatic rings. The molecule has 0 bridgehead atoms. The third-order valence-corrected chi connectivity index (χ3v) is 5.42. The van der Waals surface area contributed by atoms with Gasteiger partial charge in [-0.25, -0.2) is 4.98 Å². The van der Waals surface area contributed by atoms with Crippen LogP contribution in [0.3, 0.4) is 0 Å². The van der Waals surface area contributed by atoms with E-state index >= 15 is 0 Å². The first-order valence-corrected chi connectivity index (χ1v) is 8.83. The fourth-order valence-electron chi connectivity index (χ4n) is 3.73. The Hall–Kier alpha value is -2.97. The van der Waals surface area contributed by atoms with Crippen LogP contribution in [0.15, 0.2) is 60.7 Å². The lowest BCUT2D eigenvalue weighted by Crippen LogP contribution is -2.39. The molecule has 1 aliphatic carbocycles. The summed E-state index contributed by atoms with van der Waals surface area (Å²) < 4.78 is 0. The van der Waals surface area contributed by atoms with Crippen LogP contribution < -0.4 is 0 Å². The van der Waals surface area contributed by atoms with Crippen LogP contribution in [0.1, 0.15) is 37.1 Å². The normalized spacial score (nSPS) is 25.5. The summed E-state index contributed by atoms with van der Waals surface area (Å²) in [5, 5.41) is 28.1. The van der Waals surface area contributed by atoms with E-state index in [1.807, 2.05) is 60.7 Å². The Morgan fingerprint density at radius 1 is 0.923 bits per heavy atom. The molecule has 0 aliphatic heterocycles. The number of H-pyrrole nitrogens is 1. The van der Waals surface area contributed by atoms with Crippen molar-refractivity contribution in [2.24, 2.45) is 0 Å². The zero-order valence-corrected chi connectivity index (χ0v) is 14.4. The summed E-state index contributed by atoms with van der Waals surface area (Å²) in [4.78, 5) is 4.52. The van der Waals surface area contributed by atoms with E-state index in [0.29, 0.717) is 37.3 Å². The molecule has 0 amide bonds. The topological polar surface area (TPSA) is 85.6 Å². The lowest BCUT2D eigenvalue weighted by atomic mass is 9.66. The van der Waals surface area contributed by atoms with Gasteiger partial charge in [0, 0.05) is 5.56 Å². The van der Waals surface area contributed by atoms with Crippen LogP contribution >= 0.6 is 0 Å². The monoisotopic (exact) mass is 344 g/mol. The first-order chi connectivity index (χ1) is 12.7. The van der Waals surface area contributed by atoms with Crippen LogP contribution in [-0.2, 0) is 11.0 Å². The standard InChI is InChI=1S/C21H20N4O/c22-15-20(17-9-5-2-6-10-17)11-13-21(26,14-12-20)19-23-18(24-25-19)16-7-3-1-4-8-16/h1-10,26H,11-14H2,(H,23,24,25)/t20-,21-. The molecule has 1 aromatic heterocycles. The highest BCUT2D eigenvalue weighted by Gasteiger charge is 2.45. The van der Waals surface area contributed by atoms with Crippen LogP contribution in [0.2, 0.25) is 0 Å². The molecule has 1 fully saturated rings. The first-order valence-electron chi connectivity index (χ1n) is 8.83. The minimum absolute atomic E-state index is 0.413. The molecule has 2 N–H and O–H groups in total. The Kier molecular flexibility index (Phi) is 4.06. The summed E-state index contributed by atoms with van der Waals surface area (Å²) in [7, 11) is 0. The molecular weight excluding hydrogens is 324 g/mol. The molecule has 0 radical (unpaired) electrons. The quantitative estimate of drug-likeness (QED) is 0.759. The van der Waals surface area contributed by atoms with Crippen molar-refractivity contribution in [2.75, 3.05) is 0 Å². The number of nitrogens with one attached hydrogen (secondary N) is 1. The van der Waals surface area contributed by atoms with E-state index in [1.165, 1.54) is 0 Å². The molecule has 0 spiro atoms. The number of aromatic amines is 1. The van der Waals surface area contributed by atoms with Gasteiger partial charge in [-0.15, -0.1) is 0 Å². The molecule has 1 saturated carbocycles. The van der Waals surface area contributed by atoms with E-state index in [9.17, 15) is 10.4 Å². The summed E-state index contributed by atoms with van der Waals surface area (Å²) in [6.45, 7) is 0. The van der Waals surface area contributed by atoms with Gasteiger partial charge in [-0.05, 0) is 31.2 Å². The van der Waals surface area contributed by atoms with Crippen LogP contribution in [0, 0.1) is 11.3 Å². The molecule has 0 atom stereocenters. The maximum atomic E-state index is 11.1. The number of rotatable bonds is 3. The van der Waals surface area contributed by atoms with E-state index in [0.717, 1.165) is 11.1 Å². The summed E-state index contributed by atoms with van der Waals surface area (Å²) in [5.74, 6) is 1.06. The predicted octanol–water partition coefficient (Wildman–Crippen LogP) is 3.69. The second-order valence-corrected chi connectivity index (χ2v) is 6.97. The minimum Gasteiger partial charge on any atom is -0.382 e. The molecule has 5 nitrogen and oxygen atoms in total. The average molecular weight is 344 g/mol. The molecule has 5 heteroatoms. The maximum absolute atomic E-state index is 11.1. The van der Waals surface area contributed by atoms with Crippen molar-refractivity contribution < 1.29 is 5.11 Å². The van der Waals surface area contributed by atoms with Gasteiger partial charge in [-0.1, -0.05) is 60.7 Å². The van der Waals surface area contributed by atoms with E-state index in [4.69, 9.17) is 0 Å². The molecule has 3 aromatic rings. The highest BCUT2D eigenvalue weighted by atomic mass is 16.3. The van der Waals surface area contributed by atoms with E-state index < -0.39 is 11.0 Å². The number of hydrogen-bond acceptors (Lipinski definition) is 4. The third kappa shape index (κ3) is 2.79. The van der Waals surface area contributed by atoms with Gasteiger partial charge in [-0.3, -0.25) is 5.10 Å². The molecule has 0 unspecified atom stereocenters. The van der Waals surface area contributed by atoms with E-state index in [1.54, 1.807) is 0 Å². The SMILES string of the molecule is N#C[C@]1(c2ccccc2)CC[C@@](O)(c2n[nH]c(-c3ccccc3)n2)CC1. The van der Waals surface area contributed by atoms with E-state index in [2.05, 4.69) is 21.3 Å². The van der Waals surface area contributed by atoms with Crippen LogP contribution in [0.25, 0.3) is 11.4 Å². The number of aliphatic hydroxyl groups is 1. The van der Waals surface area contributed by atoms with Gasteiger partial charge in [0.1, 0.15) is 5.60 Å². The molecule has 130 valence electrons. The third-order valence-electron chi connectivity index (χ3n) is 5.42. The van der Waals surface area contributed by atoms with Crippen LogP contribution in [-0.4, -0.2) is 20.3 Å². The van der Waals surface area contributed by atoms with Gasteiger partial charge in [0.05, 0.1) is 11.5 Å². The fraction of sp³-hybridized carbons (Fsp3) is 0.286. The Labute approximate surface area is 152 Å². The number of hydrogen-bond donors (Lipinski definition) is 2. The Balaban J connectivity index is 1.57. The zero-order chi connectivity index (χ0) is 18.0. The average Bonchev–Trinajstić information content (AvgIpc) is 3.22. The molecular formula is C21H20N4O. The number of nitrogens with zero attached hydrogens (tertiary/aromatic N) is 3. The number of aromatic nitrogens is 3. The summed E-state index contributed by atoms with van der Waals surface area (Å²) in [5.41, 5.74) is 0.302.